The summed E-state index contributed by atoms with van der Waals surface area (Å²) in [6.07, 6.45) is 3.92. The van der Waals surface area contributed by atoms with Crippen molar-refractivity contribution in [3.8, 4) is 16.2 Å². The molecular formula is C18H21NOS. The van der Waals surface area contributed by atoms with Crippen molar-refractivity contribution in [1.29, 1.82) is 0 Å². The first-order chi connectivity index (χ1) is 10.3. The fraction of sp³-hybridized carbons (Fsp3) is 0.444. The Bertz CT molecular complexity index is 622. The van der Waals surface area contributed by atoms with Crippen LogP contribution in [0, 0.1) is 0 Å². The molecular weight excluding hydrogens is 278 g/mol. The van der Waals surface area contributed by atoms with Crippen molar-refractivity contribution < 1.29 is 4.74 Å². The lowest BCUT2D eigenvalue weighted by Gasteiger charge is -2.22. The second kappa shape index (κ2) is 5.47. The van der Waals surface area contributed by atoms with E-state index in [1.54, 1.807) is 11.3 Å². The van der Waals surface area contributed by atoms with Gasteiger partial charge in [-0.15, -0.1) is 11.3 Å². The minimum atomic E-state index is 0.561. The van der Waals surface area contributed by atoms with Gasteiger partial charge in [-0.2, -0.15) is 0 Å². The van der Waals surface area contributed by atoms with E-state index < -0.39 is 0 Å². The lowest BCUT2D eigenvalue weighted by molar-refractivity contribution is 0.257. The van der Waals surface area contributed by atoms with Gasteiger partial charge in [0.05, 0.1) is 6.61 Å². The summed E-state index contributed by atoms with van der Waals surface area (Å²) in [6, 6.07) is 11.7. The van der Waals surface area contributed by atoms with Crippen LogP contribution in [-0.2, 0) is 0 Å². The molecule has 0 unspecified atom stereocenters. The van der Waals surface area contributed by atoms with E-state index in [4.69, 9.17) is 4.74 Å². The van der Waals surface area contributed by atoms with Gasteiger partial charge in [0.2, 0.25) is 0 Å². The number of thiophene rings is 1. The molecule has 1 fully saturated rings. The Morgan fingerprint density at radius 1 is 1.33 bits per heavy atom. The second-order valence-corrected chi connectivity index (χ2v) is 7.20. The van der Waals surface area contributed by atoms with Crippen LogP contribution in [0.25, 0.3) is 10.4 Å². The van der Waals surface area contributed by atoms with E-state index in [1.807, 2.05) is 0 Å². The van der Waals surface area contributed by atoms with Gasteiger partial charge in [0.15, 0.2) is 0 Å². The summed E-state index contributed by atoms with van der Waals surface area (Å²) >= 11 is 1.81. The Kier molecular flexibility index (Phi) is 3.48. The van der Waals surface area contributed by atoms with Crippen molar-refractivity contribution in [3.63, 3.8) is 0 Å². The molecule has 0 spiro atoms. The van der Waals surface area contributed by atoms with Gasteiger partial charge in [0.1, 0.15) is 5.75 Å². The maximum absolute atomic E-state index is 5.91. The summed E-state index contributed by atoms with van der Waals surface area (Å²) in [5, 5.41) is 2.14. The smallest absolute Gasteiger partial charge is 0.122 e. The number of likely N-dealkylation sites (tertiary alicyclic amines) is 1. The Morgan fingerprint density at radius 3 is 3.05 bits per heavy atom. The zero-order chi connectivity index (χ0) is 14.2. The molecule has 1 aromatic carbocycles. The van der Waals surface area contributed by atoms with Gasteiger partial charge >= 0.3 is 0 Å². The Hall–Kier alpha value is -1.32. The summed E-state index contributed by atoms with van der Waals surface area (Å²) < 4.78 is 5.91. The van der Waals surface area contributed by atoms with Crippen LogP contribution in [0.2, 0.25) is 0 Å². The molecule has 0 aliphatic carbocycles. The number of benzene rings is 1. The van der Waals surface area contributed by atoms with Crippen LogP contribution in [0.5, 0.6) is 5.75 Å². The number of ether oxygens (including phenoxy) is 1. The highest BCUT2D eigenvalue weighted by molar-refractivity contribution is 7.13. The van der Waals surface area contributed by atoms with Crippen LogP contribution in [0.15, 0.2) is 35.7 Å². The third kappa shape index (κ3) is 2.49. The molecule has 1 aromatic heterocycles. The third-order valence-electron chi connectivity index (χ3n) is 4.92. The van der Waals surface area contributed by atoms with Crippen LogP contribution in [0.4, 0.5) is 0 Å². The summed E-state index contributed by atoms with van der Waals surface area (Å²) in [4.78, 5) is 3.86. The van der Waals surface area contributed by atoms with Crippen molar-refractivity contribution in [2.24, 2.45) is 0 Å². The van der Waals surface area contributed by atoms with Crippen LogP contribution >= 0.6 is 11.3 Å². The highest BCUT2D eigenvalue weighted by Crippen LogP contribution is 2.41. The topological polar surface area (TPSA) is 12.5 Å². The van der Waals surface area contributed by atoms with Crippen LogP contribution in [-0.4, -0.2) is 31.1 Å². The Morgan fingerprint density at radius 2 is 2.29 bits per heavy atom. The highest BCUT2D eigenvalue weighted by atomic mass is 32.1. The number of rotatable bonds is 3. The molecule has 0 N–H and O–H groups in total. The average molecular weight is 299 g/mol. The monoisotopic (exact) mass is 299 g/mol. The molecule has 4 rings (SSSR count). The minimum absolute atomic E-state index is 0.561. The van der Waals surface area contributed by atoms with E-state index in [2.05, 4.69) is 47.7 Å². The molecule has 2 aliphatic rings. The molecule has 0 radical (unpaired) electrons. The molecule has 3 heterocycles. The largest absolute Gasteiger partial charge is 0.493 e. The van der Waals surface area contributed by atoms with Crippen molar-refractivity contribution in [3.05, 3.63) is 41.3 Å². The SMILES string of the molecule is CN1CCC[C@@H]1C[C@H]1COc2ccc(-c3cccs3)cc21. The van der Waals surface area contributed by atoms with Crippen molar-refractivity contribution in [2.45, 2.75) is 31.2 Å². The fourth-order valence-electron chi connectivity index (χ4n) is 3.68. The van der Waals surface area contributed by atoms with Gasteiger partial charge in [-0.05, 0) is 68.1 Å². The van der Waals surface area contributed by atoms with E-state index >= 15 is 0 Å². The molecule has 3 heteroatoms. The van der Waals surface area contributed by atoms with Gasteiger partial charge < -0.3 is 9.64 Å². The van der Waals surface area contributed by atoms with Gasteiger partial charge in [0.25, 0.3) is 0 Å². The van der Waals surface area contributed by atoms with Gasteiger partial charge in [-0.1, -0.05) is 6.07 Å². The predicted octanol–water partition coefficient (Wildman–Crippen LogP) is 4.38. The maximum Gasteiger partial charge on any atom is 0.122 e. The first-order valence-corrected chi connectivity index (χ1v) is 8.70. The maximum atomic E-state index is 5.91. The van der Waals surface area contributed by atoms with E-state index in [9.17, 15) is 0 Å². The van der Waals surface area contributed by atoms with Crippen LogP contribution in [0.3, 0.4) is 0 Å². The Labute approximate surface area is 130 Å². The normalized spacial score (nSPS) is 25.0. The molecule has 21 heavy (non-hydrogen) atoms. The second-order valence-electron chi connectivity index (χ2n) is 6.25. The summed E-state index contributed by atoms with van der Waals surface area (Å²) in [6.45, 7) is 2.11. The molecule has 2 atom stereocenters. The molecule has 0 saturated carbocycles. The zero-order valence-electron chi connectivity index (χ0n) is 12.4. The van der Waals surface area contributed by atoms with E-state index in [1.165, 1.54) is 41.8 Å². The molecule has 2 nitrogen and oxygen atoms in total. The van der Waals surface area contributed by atoms with Gasteiger partial charge in [-0.3, -0.25) is 0 Å². The molecule has 110 valence electrons. The lowest BCUT2D eigenvalue weighted by atomic mass is 9.92. The van der Waals surface area contributed by atoms with E-state index in [-0.39, 0.29) is 0 Å². The number of hydrogen-bond acceptors (Lipinski definition) is 3. The summed E-state index contributed by atoms with van der Waals surface area (Å²) in [7, 11) is 2.26. The molecule has 0 amide bonds. The Balaban J connectivity index is 1.59. The minimum Gasteiger partial charge on any atom is -0.493 e. The standard InChI is InChI=1S/C18H21NOS/c1-19-8-2-4-15(19)10-14-12-20-17-7-6-13(11-16(14)17)18-5-3-9-21-18/h3,5-7,9,11,14-15H,2,4,8,10,12H2,1H3/t14-,15+/m0/s1. The van der Waals surface area contributed by atoms with E-state index in [0.29, 0.717) is 5.92 Å². The molecule has 2 aliphatic heterocycles. The van der Waals surface area contributed by atoms with Gasteiger partial charge in [0, 0.05) is 22.4 Å². The van der Waals surface area contributed by atoms with Gasteiger partial charge in [-0.25, -0.2) is 0 Å². The zero-order valence-corrected chi connectivity index (χ0v) is 13.2. The first kappa shape index (κ1) is 13.4. The number of fused-ring (bicyclic) bond motifs is 1. The highest BCUT2D eigenvalue weighted by Gasteiger charge is 2.30. The lowest BCUT2D eigenvalue weighted by Crippen LogP contribution is -2.27. The van der Waals surface area contributed by atoms with E-state index in [0.717, 1.165) is 18.4 Å². The first-order valence-electron chi connectivity index (χ1n) is 7.82. The van der Waals surface area contributed by atoms with Crippen LogP contribution in [0.1, 0.15) is 30.7 Å². The van der Waals surface area contributed by atoms with Crippen LogP contribution < -0.4 is 4.74 Å². The molecule has 2 aromatic rings. The predicted molar refractivity (Wildman–Crippen MR) is 88.3 cm³/mol. The summed E-state index contributed by atoms with van der Waals surface area (Å²) in [5.74, 6) is 1.66. The third-order valence-corrected chi connectivity index (χ3v) is 5.84. The molecule has 1 saturated heterocycles. The fourth-order valence-corrected chi connectivity index (χ4v) is 4.40. The van der Waals surface area contributed by atoms with Crippen molar-refractivity contribution in [2.75, 3.05) is 20.2 Å². The van der Waals surface area contributed by atoms with Crippen molar-refractivity contribution >= 4 is 11.3 Å². The quantitative estimate of drug-likeness (QED) is 0.834. The summed E-state index contributed by atoms with van der Waals surface area (Å²) in [5.41, 5.74) is 2.75. The molecule has 0 bridgehead atoms. The number of nitrogens with zero attached hydrogens (tertiary/aromatic N) is 1. The average Bonchev–Trinajstić information content (AvgIpc) is 3.22. The van der Waals surface area contributed by atoms with Crippen molar-refractivity contribution in [1.82, 2.24) is 4.90 Å². The number of hydrogen-bond donors (Lipinski definition) is 0.